The largest absolute Gasteiger partial charge is 0.444 e. The molecule has 1 heterocycles. The molecule has 0 aliphatic heterocycles. The molecule has 18 heavy (non-hydrogen) atoms. The Kier molecular flexibility index (Phi) is 4.64. The molecule has 0 atom stereocenters. The van der Waals surface area contributed by atoms with Gasteiger partial charge in [0.25, 0.3) is 0 Å². The maximum absolute atomic E-state index is 5.99. The molecule has 3 nitrogen and oxygen atoms in total. The number of aromatic nitrogens is 1. The summed E-state index contributed by atoms with van der Waals surface area (Å²) in [6.07, 6.45) is 1.68. The van der Waals surface area contributed by atoms with Crippen LogP contribution in [0.15, 0.2) is 28.9 Å². The lowest BCUT2D eigenvalue weighted by Crippen LogP contribution is -2.21. The fourth-order valence-corrected chi connectivity index (χ4v) is 2.22. The van der Waals surface area contributed by atoms with Crippen molar-refractivity contribution in [3.05, 3.63) is 38.7 Å². The summed E-state index contributed by atoms with van der Waals surface area (Å²) in [6, 6.07) is 6.11. The Morgan fingerprint density at radius 1 is 1.44 bits per heavy atom. The van der Waals surface area contributed by atoms with Gasteiger partial charge < -0.3 is 9.73 Å². The highest BCUT2D eigenvalue weighted by Crippen LogP contribution is 2.27. The molecule has 1 aromatic heterocycles. The minimum absolute atomic E-state index is 0.427. The molecular weight excluding hydrogens is 363 g/mol. The highest BCUT2D eigenvalue weighted by molar-refractivity contribution is 14.1. The summed E-state index contributed by atoms with van der Waals surface area (Å²) < 4.78 is 6.58. The lowest BCUT2D eigenvalue weighted by atomic mass is 10.2. The number of hydrogen-bond donors (Lipinski definition) is 1. The first-order valence-electron chi connectivity index (χ1n) is 5.69. The normalized spacial score (nSPS) is 11.2. The molecule has 0 aliphatic rings. The van der Waals surface area contributed by atoms with Crippen LogP contribution in [0.1, 0.15) is 19.5 Å². The highest BCUT2D eigenvalue weighted by Gasteiger charge is 2.10. The zero-order chi connectivity index (χ0) is 13.1. The third-order valence-corrected chi connectivity index (χ3v) is 3.58. The topological polar surface area (TPSA) is 38.1 Å². The molecule has 96 valence electrons. The first-order chi connectivity index (χ1) is 8.56. The molecule has 1 aromatic carbocycles. The van der Waals surface area contributed by atoms with Crippen molar-refractivity contribution in [2.24, 2.45) is 0 Å². The predicted octanol–water partition coefficient (Wildman–Crippen LogP) is 4.10. The van der Waals surface area contributed by atoms with Crippen LogP contribution in [0.5, 0.6) is 0 Å². The van der Waals surface area contributed by atoms with Gasteiger partial charge in [0.1, 0.15) is 6.26 Å². The van der Waals surface area contributed by atoms with Gasteiger partial charge in [-0.2, -0.15) is 0 Å². The second-order valence-corrected chi connectivity index (χ2v) is 5.90. The fourth-order valence-electron chi connectivity index (χ4n) is 1.48. The van der Waals surface area contributed by atoms with Crippen LogP contribution in [-0.4, -0.2) is 11.0 Å². The molecule has 0 amide bonds. The molecule has 2 rings (SSSR count). The third-order valence-electron chi connectivity index (χ3n) is 2.40. The Labute approximate surface area is 125 Å². The number of hydrogen-bond acceptors (Lipinski definition) is 3. The quantitative estimate of drug-likeness (QED) is 0.817. The smallest absolute Gasteiger partial charge is 0.227 e. The number of rotatable bonds is 4. The molecule has 0 bridgehead atoms. The van der Waals surface area contributed by atoms with E-state index in [4.69, 9.17) is 16.0 Å². The molecule has 1 N–H and O–H groups in total. The summed E-state index contributed by atoms with van der Waals surface area (Å²) in [7, 11) is 0. The van der Waals surface area contributed by atoms with E-state index in [-0.39, 0.29) is 0 Å². The second kappa shape index (κ2) is 6.04. The summed E-state index contributed by atoms with van der Waals surface area (Å²) in [5.41, 5.74) is 1.83. The molecule has 0 saturated heterocycles. The van der Waals surface area contributed by atoms with Gasteiger partial charge >= 0.3 is 0 Å². The molecule has 5 heteroatoms. The minimum atomic E-state index is 0.427. The fraction of sp³-hybridized carbons (Fsp3) is 0.308. The van der Waals surface area contributed by atoms with Crippen LogP contribution in [0.3, 0.4) is 0 Å². The van der Waals surface area contributed by atoms with E-state index in [0.29, 0.717) is 23.5 Å². The summed E-state index contributed by atoms with van der Waals surface area (Å²) in [4.78, 5) is 4.46. The van der Waals surface area contributed by atoms with Gasteiger partial charge in [0, 0.05) is 21.2 Å². The van der Waals surface area contributed by atoms with Crippen LogP contribution in [0.4, 0.5) is 0 Å². The van der Waals surface area contributed by atoms with E-state index in [1.165, 1.54) is 0 Å². The van der Waals surface area contributed by atoms with Gasteiger partial charge in [0.2, 0.25) is 5.89 Å². The zero-order valence-electron chi connectivity index (χ0n) is 10.2. The Bertz CT molecular complexity index is 540. The van der Waals surface area contributed by atoms with E-state index < -0.39 is 0 Å². The van der Waals surface area contributed by atoms with Crippen LogP contribution >= 0.6 is 34.2 Å². The molecular formula is C13H14ClIN2O. The number of nitrogens with zero attached hydrogens (tertiary/aromatic N) is 1. The van der Waals surface area contributed by atoms with Crippen LogP contribution in [0.25, 0.3) is 11.5 Å². The summed E-state index contributed by atoms with van der Waals surface area (Å²) >= 11 is 8.24. The molecule has 0 spiro atoms. The minimum Gasteiger partial charge on any atom is -0.444 e. The van der Waals surface area contributed by atoms with Crippen LogP contribution < -0.4 is 5.32 Å². The first kappa shape index (κ1) is 13.8. The van der Waals surface area contributed by atoms with Gasteiger partial charge in [-0.05, 0) is 40.8 Å². The van der Waals surface area contributed by atoms with Gasteiger partial charge in [-0.15, -0.1) is 0 Å². The van der Waals surface area contributed by atoms with Crippen LogP contribution in [0.2, 0.25) is 5.02 Å². The highest BCUT2D eigenvalue weighted by atomic mass is 127. The van der Waals surface area contributed by atoms with Crippen LogP contribution in [-0.2, 0) is 6.54 Å². The molecule has 0 aliphatic carbocycles. The Hall–Kier alpha value is -0.590. The number of oxazole rings is 1. The molecule has 0 saturated carbocycles. The maximum Gasteiger partial charge on any atom is 0.227 e. The SMILES string of the molecule is CC(C)NCc1coc(-c2cc(Cl)ccc2I)n1. The van der Waals surface area contributed by atoms with Crippen molar-refractivity contribution in [3.63, 3.8) is 0 Å². The van der Waals surface area contributed by atoms with Gasteiger partial charge in [-0.25, -0.2) is 4.98 Å². The second-order valence-electron chi connectivity index (χ2n) is 4.30. The van der Waals surface area contributed by atoms with Gasteiger partial charge in [-0.3, -0.25) is 0 Å². The monoisotopic (exact) mass is 376 g/mol. The van der Waals surface area contributed by atoms with Crippen molar-refractivity contribution in [2.75, 3.05) is 0 Å². The van der Waals surface area contributed by atoms with E-state index in [1.54, 1.807) is 6.26 Å². The van der Waals surface area contributed by atoms with Gasteiger partial charge in [0.15, 0.2) is 0 Å². The van der Waals surface area contributed by atoms with Crippen molar-refractivity contribution in [2.45, 2.75) is 26.4 Å². The van der Waals surface area contributed by atoms with Crippen molar-refractivity contribution in [1.82, 2.24) is 10.3 Å². The maximum atomic E-state index is 5.99. The Morgan fingerprint density at radius 2 is 2.22 bits per heavy atom. The van der Waals surface area contributed by atoms with Crippen molar-refractivity contribution >= 4 is 34.2 Å². The van der Waals surface area contributed by atoms with E-state index in [0.717, 1.165) is 14.8 Å². The van der Waals surface area contributed by atoms with Crippen molar-refractivity contribution in [3.8, 4) is 11.5 Å². The zero-order valence-corrected chi connectivity index (χ0v) is 13.1. The first-order valence-corrected chi connectivity index (χ1v) is 7.15. The average molecular weight is 377 g/mol. The van der Waals surface area contributed by atoms with E-state index in [1.807, 2.05) is 18.2 Å². The molecule has 0 radical (unpaired) electrons. The molecule has 0 fully saturated rings. The van der Waals surface area contributed by atoms with E-state index in [2.05, 4.69) is 46.7 Å². The van der Waals surface area contributed by atoms with Crippen molar-refractivity contribution in [1.29, 1.82) is 0 Å². The van der Waals surface area contributed by atoms with Crippen LogP contribution in [0, 0.1) is 3.57 Å². The predicted molar refractivity (Wildman–Crippen MR) is 81.6 cm³/mol. The third kappa shape index (κ3) is 3.46. The Balaban J connectivity index is 2.21. The summed E-state index contributed by atoms with van der Waals surface area (Å²) in [5, 5.41) is 3.99. The number of halogens is 2. The Morgan fingerprint density at radius 3 is 2.94 bits per heavy atom. The van der Waals surface area contributed by atoms with E-state index >= 15 is 0 Å². The number of benzene rings is 1. The summed E-state index contributed by atoms with van der Waals surface area (Å²) in [6.45, 7) is 4.90. The lowest BCUT2D eigenvalue weighted by molar-refractivity contribution is 0.560. The number of nitrogens with one attached hydrogen (secondary N) is 1. The summed E-state index contributed by atoms with van der Waals surface area (Å²) in [5.74, 6) is 0.613. The van der Waals surface area contributed by atoms with Gasteiger partial charge in [0.05, 0.1) is 11.3 Å². The average Bonchev–Trinajstić information content (AvgIpc) is 2.78. The lowest BCUT2D eigenvalue weighted by Gasteiger charge is -2.04. The van der Waals surface area contributed by atoms with Gasteiger partial charge in [-0.1, -0.05) is 25.4 Å². The molecule has 0 unspecified atom stereocenters. The standard InChI is InChI=1S/C13H14ClIN2O/c1-8(2)16-6-10-7-18-13(17-10)11-5-9(14)3-4-12(11)15/h3-5,7-8,16H,6H2,1-2H3. The molecule has 2 aromatic rings. The van der Waals surface area contributed by atoms with E-state index in [9.17, 15) is 0 Å². The van der Waals surface area contributed by atoms with Crippen molar-refractivity contribution < 1.29 is 4.42 Å².